The maximum atomic E-state index is 3.38. The molecule has 3 rings (SSSR count). The molecule has 3 heterocycles. The fourth-order valence-electron chi connectivity index (χ4n) is 0.387. The Balaban J connectivity index is 0. The number of nitrogens with zero attached hydrogens (tertiary/aromatic N) is 9. The number of halogens is 2. The molecule has 0 saturated carbocycles. The SMILES string of the molecule is Br.Br.c1nn[nH]n1.c1nn[nH]n1.c1nn[nH]n1. The number of hydrogen-bond donors (Lipinski definition) is 3. The van der Waals surface area contributed by atoms with Gasteiger partial charge in [-0.2, -0.15) is 15.6 Å². The van der Waals surface area contributed by atoms with Gasteiger partial charge in [0.15, 0.2) is 19.0 Å². The molecule has 0 aliphatic heterocycles. The van der Waals surface area contributed by atoms with E-state index in [-0.39, 0.29) is 34.0 Å². The van der Waals surface area contributed by atoms with Crippen molar-refractivity contribution in [2.24, 2.45) is 0 Å². The van der Waals surface area contributed by atoms with Crippen LogP contribution in [0.15, 0.2) is 19.0 Å². The van der Waals surface area contributed by atoms with Crippen molar-refractivity contribution in [2.45, 2.75) is 0 Å². The molecule has 3 N–H and O–H groups in total. The van der Waals surface area contributed by atoms with Gasteiger partial charge in [0.1, 0.15) is 0 Å². The van der Waals surface area contributed by atoms with Crippen LogP contribution in [0.3, 0.4) is 0 Å². The predicted octanol–water partition coefficient (Wildman–Crippen LogP) is -1.25. The third kappa shape index (κ3) is 12.1. The monoisotopic (exact) mass is 370 g/mol. The molecule has 0 saturated heterocycles. The van der Waals surface area contributed by atoms with E-state index in [0.717, 1.165) is 0 Å². The van der Waals surface area contributed by atoms with Crippen LogP contribution in [-0.2, 0) is 0 Å². The van der Waals surface area contributed by atoms with Crippen molar-refractivity contribution in [2.75, 3.05) is 0 Å². The summed E-state index contributed by atoms with van der Waals surface area (Å²) in [6, 6.07) is 0. The molecule has 0 radical (unpaired) electrons. The number of nitrogens with one attached hydrogen (secondary N) is 3. The van der Waals surface area contributed by atoms with E-state index in [1.54, 1.807) is 0 Å². The Hall–Kier alpha value is -1.83. The predicted molar refractivity (Wildman–Crippen MR) is 63.2 cm³/mol. The molecule has 0 amide bonds. The maximum Gasteiger partial charge on any atom is 0.161 e. The molecule has 0 unspecified atom stereocenters. The van der Waals surface area contributed by atoms with Crippen LogP contribution in [0.25, 0.3) is 0 Å². The Morgan fingerprint density at radius 2 is 0.824 bits per heavy atom. The molecule has 0 aliphatic carbocycles. The first-order chi connectivity index (χ1) is 7.50. The number of hydrogen-bond acceptors (Lipinski definition) is 9. The molecule has 94 valence electrons. The summed E-state index contributed by atoms with van der Waals surface area (Å²) in [5.41, 5.74) is 0. The van der Waals surface area contributed by atoms with Gasteiger partial charge in [0.2, 0.25) is 0 Å². The fourth-order valence-corrected chi connectivity index (χ4v) is 0.387. The van der Waals surface area contributed by atoms with Crippen molar-refractivity contribution in [3.63, 3.8) is 0 Å². The van der Waals surface area contributed by atoms with E-state index in [9.17, 15) is 0 Å². The molecule has 12 nitrogen and oxygen atoms in total. The molecule has 0 fully saturated rings. The summed E-state index contributed by atoms with van der Waals surface area (Å²) in [5.74, 6) is 0. The van der Waals surface area contributed by atoms with Crippen molar-refractivity contribution in [1.82, 2.24) is 61.9 Å². The second-order valence-electron chi connectivity index (χ2n) is 1.68. The van der Waals surface area contributed by atoms with Crippen molar-refractivity contribution >= 4 is 34.0 Å². The molecule has 3 aromatic rings. The van der Waals surface area contributed by atoms with Gasteiger partial charge in [0, 0.05) is 0 Å². The largest absolute Gasteiger partial charge is 0.177 e. The Bertz CT molecular complexity index is 252. The van der Waals surface area contributed by atoms with Gasteiger partial charge in [-0.3, -0.25) is 0 Å². The lowest BCUT2D eigenvalue weighted by Gasteiger charge is -1.44. The summed E-state index contributed by atoms with van der Waals surface area (Å²) in [6.07, 6.45) is 4.00. The van der Waals surface area contributed by atoms with Gasteiger partial charge in [-0.25, -0.2) is 0 Å². The molecule has 0 spiro atoms. The average molecular weight is 372 g/mol. The van der Waals surface area contributed by atoms with E-state index in [0.29, 0.717) is 0 Å². The Morgan fingerprint density at radius 1 is 0.529 bits per heavy atom. The van der Waals surface area contributed by atoms with E-state index in [2.05, 4.69) is 61.9 Å². The second-order valence-corrected chi connectivity index (χ2v) is 1.68. The van der Waals surface area contributed by atoms with Crippen LogP contribution in [0.1, 0.15) is 0 Å². The van der Waals surface area contributed by atoms with E-state index >= 15 is 0 Å². The minimum atomic E-state index is 0. The van der Waals surface area contributed by atoms with Crippen LogP contribution < -0.4 is 0 Å². The van der Waals surface area contributed by atoms with E-state index in [1.165, 1.54) is 19.0 Å². The first kappa shape index (κ1) is 17.6. The van der Waals surface area contributed by atoms with Crippen molar-refractivity contribution in [1.29, 1.82) is 0 Å². The number of aromatic nitrogens is 12. The first-order valence-electron chi connectivity index (χ1n) is 3.49. The van der Waals surface area contributed by atoms with Crippen molar-refractivity contribution in [3.05, 3.63) is 19.0 Å². The molecule has 17 heavy (non-hydrogen) atoms. The highest BCUT2D eigenvalue weighted by Gasteiger charge is 1.59. The average Bonchev–Trinajstić information content (AvgIpc) is 3.09. The number of aromatic amines is 3. The molecule has 0 aromatic carbocycles. The van der Waals surface area contributed by atoms with Crippen LogP contribution in [0, 0.1) is 0 Å². The van der Waals surface area contributed by atoms with E-state index < -0.39 is 0 Å². The summed E-state index contributed by atoms with van der Waals surface area (Å²) >= 11 is 0. The standard InChI is InChI=1S/3CH2N4.2BrH/c3*1-2-4-5-3-1;;/h3*1H,(H,2,3,4,5);2*1H. The van der Waals surface area contributed by atoms with Crippen LogP contribution in [0.5, 0.6) is 0 Å². The van der Waals surface area contributed by atoms with Crippen molar-refractivity contribution in [3.8, 4) is 0 Å². The van der Waals surface area contributed by atoms with Crippen molar-refractivity contribution < 1.29 is 0 Å². The first-order valence-corrected chi connectivity index (χ1v) is 3.49. The Kier molecular flexibility index (Phi) is 14.6. The topological polar surface area (TPSA) is 163 Å². The zero-order valence-corrected chi connectivity index (χ0v) is 11.5. The van der Waals surface area contributed by atoms with Gasteiger partial charge in [-0.1, -0.05) is 15.6 Å². The minimum Gasteiger partial charge on any atom is -0.177 e. The summed E-state index contributed by atoms with van der Waals surface area (Å²) in [7, 11) is 0. The van der Waals surface area contributed by atoms with Gasteiger partial charge in [0.25, 0.3) is 0 Å². The third-order valence-corrected chi connectivity index (χ3v) is 0.809. The van der Waals surface area contributed by atoms with Gasteiger partial charge in [-0.15, -0.1) is 64.6 Å². The van der Waals surface area contributed by atoms with Crippen LogP contribution in [0.4, 0.5) is 0 Å². The molecule has 0 atom stereocenters. The zero-order valence-electron chi connectivity index (χ0n) is 8.07. The van der Waals surface area contributed by atoms with Crippen LogP contribution in [0.2, 0.25) is 0 Å². The van der Waals surface area contributed by atoms with Gasteiger partial charge in [-0.05, 0) is 0 Å². The Labute approximate surface area is 115 Å². The molecule has 0 aliphatic rings. The highest BCUT2D eigenvalue weighted by Crippen LogP contribution is 1.44. The number of tetrazole rings is 3. The van der Waals surface area contributed by atoms with Gasteiger partial charge in [0.05, 0.1) is 0 Å². The van der Waals surface area contributed by atoms with Gasteiger partial charge < -0.3 is 0 Å². The fraction of sp³-hybridized carbons (Fsp3) is 0. The normalized spacial score (nSPS) is 7.06. The molecular formula is C3H8Br2N12. The minimum absolute atomic E-state index is 0. The summed E-state index contributed by atoms with van der Waals surface area (Å²) in [4.78, 5) is 0. The van der Waals surface area contributed by atoms with Crippen LogP contribution in [-0.4, -0.2) is 61.9 Å². The lowest BCUT2D eigenvalue weighted by atomic mass is 11.4. The number of H-pyrrole nitrogens is 3. The molecule has 14 heteroatoms. The zero-order chi connectivity index (χ0) is 10.6. The maximum absolute atomic E-state index is 3.38. The molecular weight excluding hydrogens is 364 g/mol. The van der Waals surface area contributed by atoms with Gasteiger partial charge >= 0.3 is 0 Å². The number of rotatable bonds is 0. The highest BCUT2D eigenvalue weighted by atomic mass is 79.9. The highest BCUT2D eigenvalue weighted by molar-refractivity contribution is 8.93. The summed E-state index contributed by atoms with van der Waals surface area (Å²) < 4.78 is 0. The summed E-state index contributed by atoms with van der Waals surface area (Å²) in [5, 5.41) is 36.5. The summed E-state index contributed by atoms with van der Waals surface area (Å²) in [6.45, 7) is 0. The quantitative estimate of drug-likeness (QED) is 0.438. The Morgan fingerprint density at radius 3 is 0.882 bits per heavy atom. The van der Waals surface area contributed by atoms with E-state index in [1.807, 2.05) is 0 Å². The van der Waals surface area contributed by atoms with E-state index in [4.69, 9.17) is 0 Å². The smallest absolute Gasteiger partial charge is 0.161 e. The lowest BCUT2D eigenvalue weighted by Crippen LogP contribution is -1.64. The molecule has 3 aromatic heterocycles. The van der Waals surface area contributed by atoms with Crippen LogP contribution >= 0.6 is 34.0 Å². The second kappa shape index (κ2) is 14.2. The molecule has 0 bridgehead atoms. The third-order valence-electron chi connectivity index (χ3n) is 0.809. The lowest BCUT2D eigenvalue weighted by molar-refractivity contribution is 0.881.